The molecule has 0 saturated heterocycles. The number of carbonyl (C=O) groups excluding carboxylic acids is 1. The highest BCUT2D eigenvalue weighted by Gasteiger charge is 2.26. The van der Waals surface area contributed by atoms with Gasteiger partial charge < -0.3 is 9.88 Å². The summed E-state index contributed by atoms with van der Waals surface area (Å²) in [6.45, 7) is 4.92. The predicted molar refractivity (Wildman–Crippen MR) is 127 cm³/mol. The SMILES string of the molecule is CCn1c(=O)c(C)nc2cc(C(=O)NC3CCCc4c3cnn4Cc3ccccc3)ccc21. The van der Waals surface area contributed by atoms with Crippen LogP contribution in [0.25, 0.3) is 11.0 Å². The summed E-state index contributed by atoms with van der Waals surface area (Å²) >= 11 is 0. The van der Waals surface area contributed by atoms with Crippen molar-refractivity contribution in [1.29, 1.82) is 0 Å². The second kappa shape index (κ2) is 8.65. The molecule has 0 bridgehead atoms. The smallest absolute Gasteiger partial charge is 0.272 e. The summed E-state index contributed by atoms with van der Waals surface area (Å²) in [5, 5.41) is 7.82. The number of benzene rings is 2. The van der Waals surface area contributed by atoms with Crippen molar-refractivity contribution in [2.75, 3.05) is 0 Å². The van der Waals surface area contributed by atoms with Gasteiger partial charge in [-0.25, -0.2) is 4.98 Å². The van der Waals surface area contributed by atoms with Gasteiger partial charge in [-0.2, -0.15) is 5.10 Å². The van der Waals surface area contributed by atoms with E-state index in [0.717, 1.165) is 36.9 Å². The lowest BCUT2D eigenvalue weighted by Crippen LogP contribution is -2.31. The third-order valence-corrected chi connectivity index (χ3v) is 6.43. The number of nitrogens with one attached hydrogen (secondary N) is 1. The second-order valence-corrected chi connectivity index (χ2v) is 8.56. The van der Waals surface area contributed by atoms with Crippen LogP contribution in [0.2, 0.25) is 0 Å². The Morgan fingerprint density at radius 3 is 2.79 bits per heavy atom. The van der Waals surface area contributed by atoms with E-state index in [0.29, 0.717) is 23.3 Å². The fraction of sp³-hybridized carbons (Fsp3) is 0.308. The van der Waals surface area contributed by atoms with Crippen LogP contribution in [-0.2, 0) is 19.5 Å². The highest BCUT2D eigenvalue weighted by molar-refractivity contribution is 5.97. The molecule has 0 fully saturated rings. The van der Waals surface area contributed by atoms with Gasteiger partial charge in [-0.3, -0.25) is 14.3 Å². The minimum atomic E-state index is -0.140. The van der Waals surface area contributed by atoms with E-state index in [1.165, 1.54) is 11.3 Å². The molecule has 2 aromatic heterocycles. The number of rotatable bonds is 5. The van der Waals surface area contributed by atoms with Crippen molar-refractivity contribution in [3.8, 4) is 0 Å². The van der Waals surface area contributed by atoms with E-state index in [1.807, 2.05) is 37.4 Å². The van der Waals surface area contributed by atoms with Gasteiger partial charge in [0.1, 0.15) is 5.69 Å². The molecule has 2 aromatic carbocycles. The van der Waals surface area contributed by atoms with Crippen molar-refractivity contribution in [3.63, 3.8) is 0 Å². The first-order valence-electron chi connectivity index (χ1n) is 11.5. The van der Waals surface area contributed by atoms with Crippen molar-refractivity contribution in [3.05, 3.63) is 93.2 Å². The Morgan fingerprint density at radius 1 is 1.18 bits per heavy atom. The average molecular weight is 442 g/mol. The number of aromatic nitrogens is 4. The molecule has 5 rings (SSSR count). The highest BCUT2D eigenvalue weighted by atomic mass is 16.1. The summed E-state index contributed by atoms with van der Waals surface area (Å²) in [5.74, 6) is -0.140. The summed E-state index contributed by atoms with van der Waals surface area (Å²) in [5.41, 5.74) is 5.78. The number of nitrogens with zero attached hydrogens (tertiary/aromatic N) is 4. The van der Waals surface area contributed by atoms with E-state index >= 15 is 0 Å². The van der Waals surface area contributed by atoms with Crippen LogP contribution in [0.5, 0.6) is 0 Å². The zero-order valence-electron chi connectivity index (χ0n) is 18.9. The van der Waals surface area contributed by atoms with Crippen molar-refractivity contribution in [2.24, 2.45) is 0 Å². The molecule has 1 aliphatic rings. The molecule has 4 aromatic rings. The molecular formula is C26H27N5O2. The van der Waals surface area contributed by atoms with Gasteiger partial charge in [-0.15, -0.1) is 0 Å². The topological polar surface area (TPSA) is 81.8 Å². The highest BCUT2D eigenvalue weighted by Crippen LogP contribution is 2.30. The maximum atomic E-state index is 13.1. The monoisotopic (exact) mass is 441 g/mol. The van der Waals surface area contributed by atoms with E-state index in [9.17, 15) is 9.59 Å². The molecule has 0 radical (unpaired) electrons. The number of hydrogen-bond donors (Lipinski definition) is 1. The third kappa shape index (κ3) is 3.95. The molecule has 0 saturated carbocycles. The largest absolute Gasteiger partial charge is 0.345 e. The Bertz CT molecular complexity index is 1390. The maximum Gasteiger partial charge on any atom is 0.272 e. The van der Waals surface area contributed by atoms with Crippen molar-refractivity contribution in [2.45, 2.75) is 52.2 Å². The van der Waals surface area contributed by atoms with Crippen LogP contribution in [0, 0.1) is 6.92 Å². The van der Waals surface area contributed by atoms with Gasteiger partial charge in [0, 0.05) is 23.4 Å². The van der Waals surface area contributed by atoms with E-state index in [2.05, 4.69) is 32.2 Å². The molecular weight excluding hydrogens is 414 g/mol. The van der Waals surface area contributed by atoms with Gasteiger partial charge in [0.15, 0.2) is 0 Å². The Hall–Kier alpha value is -3.74. The van der Waals surface area contributed by atoms with E-state index in [-0.39, 0.29) is 17.5 Å². The summed E-state index contributed by atoms with van der Waals surface area (Å²) < 4.78 is 3.74. The summed E-state index contributed by atoms with van der Waals surface area (Å²) in [7, 11) is 0. The minimum Gasteiger partial charge on any atom is -0.345 e. The number of carbonyl (C=O) groups is 1. The first-order valence-corrected chi connectivity index (χ1v) is 11.5. The van der Waals surface area contributed by atoms with Crippen LogP contribution in [0.3, 0.4) is 0 Å². The molecule has 0 spiro atoms. The lowest BCUT2D eigenvalue weighted by molar-refractivity contribution is 0.0932. The molecule has 7 heteroatoms. The van der Waals surface area contributed by atoms with Crippen LogP contribution >= 0.6 is 0 Å². The Morgan fingerprint density at radius 2 is 2.00 bits per heavy atom. The van der Waals surface area contributed by atoms with E-state index in [1.54, 1.807) is 23.6 Å². The number of hydrogen-bond acceptors (Lipinski definition) is 4. The van der Waals surface area contributed by atoms with Gasteiger partial charge in [-0.1, -0.05) is 30.3 Å². The molecule has 33 heavy (non-hydrogen) atoms. The Balaban J connectivity index is 1.39. The second-order valence-electron chi connectivity index (χ2n) is 8.56. The number of fused-ring (bicyclic) bond motifs is 2. The molecule has 168 valence electrons. The zero-order chi connectivity index (χ0) is 22.9. The average Bonchev–Trinajstić information content (AvgIpc) is 3.24. The number of aryl methyl sites for hydroxylation is 2. The van der Waals surface area contributed by atoms with Crippen molar-refractivity contribution >= 4 is 16.9 Å². The van der Waals surface area contributed by atoms with Crippen LogP contribution < -0.4 is 10.9 Å². The first-order chi connectivity index (χ1) is 16.0. The molecule has 1 N–H and O–H groups in total. The molecule has 1 aliphatic carbocycles. The third-order valence-electron chi connectivity index (χ3n) is 6.43. The molecule has 7 nitrogen and oxygen atoms in total. The normalized spacial score (nSPS) is 15.4. The Labute approximate surface area is 192 Å². The first kappa shape index (κ1) is 21.1. The van der Waals surface area contributed by atoms with Gasteiger partial charge in [0.2, 0.25) is 0 Å². The lowest BCUT2D eigenvalue weighted by atomic mass is 9.92. The summed E-state index contributed by atoms with van der Waals surface area (Å²) in [4.78, 5) is 29.9. The minimum absolute atomic E-state index is 0.0687. The fourth-order valence-corrected chi connectivity index (χ4v) is 4.73. The van der Waals surface area contributed by atoms with E-state index < -0.39 is 0 Å². The van der Waals surface area contributed by atoms with Crippen molar-refractivity contribution in [1.82, 2.24) is 24.6 Å². The molecule has 1 atom stereocenters. The lowest BCUT2D eigenvalue weighted by Gasteiger charge is -2.24. The predicted octanol–water partition coefficient (Wildman–Crippen LogP) is 3.78. The molecule has 2 heterocycles. The van der Waals surface area contributed by atoms with Crippen molar-refractivity contribution < 1.29 is 4.79 Å². The number of amides is 1. The van der Waals surface area contributed by atoms with Crippen LogP contribution in [0.4, 0.5) is 0 Å². The maximum absolute atomic E-state index is 13.1. The summed E-state index contributed by atoms with van der Waals surface area (Å²) in [6.07, 6.45) is 4.74. The summed E-state index contributed by atoms with van der Waals surface area (Å²) in [6, 6.07) is 15.6. The molecule has 0 aliphatic heterocycles. The van der Waals surface area contributed by atoms with Gasteiger partial charge in [0.25, 0.3) is 11.5 Å². The van der Waals surface area contributed by atoms with E-state index in [4.69, 9.17) is 0 Å². The van der Waals surface area contributed by atoms with Gasteiger partial charge >= 0.3 is 0 Å². The Kier molecular flexibility index (Phi) is 5.54. The zero-order valence-corrected chi connectivity index (χ0v) is 18.9. The van der Waals surface area contributed by atoms with Crippen LogP contribution in [0.15, 0.2) is 59.5 Å². The fourth-order valence-electron chi connectivity index (χ4n) is 4.73. The van der Waals surface area contributed by atoms with Gasteiger partial charge in [0.05, 0.1) is 29.8 Å². The molecule has 1 amide bonds. The molecule has 1 unspecified atom stereocenters. The van der Waals surface area contributed by atoms with Gasteiger partial charge in [-0.05, 0) is 56.9 Å². The van der Waals surface area contributed by atoms with Crippen LogP contribution in [0.1, 0.15) is 58.7 Å². The quantitative estimate of drug-likeness (QED) is 0.511. The van der Waals surface area contributed by atoms with Crippen LogP contribution in [-0.4, -0.2) is 25.2 Å². The standard InChI is InChI=1S/C26H27N5O2/c1-3-30-24-13-12-19(14-22(24)28-17(2)26(30)33)25(32)29-21-10-7-11-23-20(21)15-27-31(23)16-18-8-5-4-6-9-18/h4-6,8-9,12-15,21H,3,7,10-11,16H2,1-2H3,(H,29,32).